The lowest BCUT2D eigenvalue weighted by molar-refractivity contribution is -0.168. The number of hydrogen-bond acceptors (Lipinski definition) is 2. The van der Waals surface area contributed by atoms with E-state index in [1.807, 2.05) is 18.7 Å². The van der Waals surface area contributed by atoms with E-state index < -0.39 is 5.60 Å². The number of carbonyl (C=O) groups is 1. The second-order valence-corrected chi connectivity index (χ2v) is 5.79. The molecule has 1 heterocycles. The Morgan fingerprint density at radius 3 is 2.31 bits per heavy atom. The highest BCUT2D eigenvalue weighted by Gasteiger charge is 2.46. The third-order valence-electron chi connectivity index (χ3n) is 4.27. The van der Waals surface area contributed by atoms with Gasteiger partial charge in [0, 0.05) is 5.92 Å². The van der Waals surface area contributed by atoms with Crippen molar-refractivity contribution in [2.24, 2.45) is 11.8 Å². The first kappa shape index (κ1) is 11.9. The minimum absolute atomic E-state index is 0.239. The monoisotopic (exact) mass is 225 g/mol. The highest BCUT2D eigenvalue weighted by Crippen LogP contribution is 2.32. The van der Waals surface area contributed by atoms with Crippen LogP contribution in [0.15, 0.2) is 0 Å². The molecule has 2 rings (SSSR count). The van der Waals surface area contributed by atoms with Gasteiger partial charge in [0.15, 0.2) is 0 Å². The van der Waals surface area contributed by atoms with Gasteiger partial charge in [0.25, 0.3) is 0 Å². The fraction of sp³-hybridized carbons (Fsp3) is 0.923. The minimum Gasteiger partial charge on any atom is -0.386 e. The zero-order valence-electron chi connectivity index (χ0n) is 10.4. The van der Waals surface area contributed by atoms with Gasteiger partial charge in [0.05, 0.1) is 13.1 Å². The molecule has 1 aliphatic carbocycles. The first-order valence-corrected chi connectivity index (χ1v) is 6.54. The minimum atomic E-state index is -0.621. The van der Waals surface area contributed by atoms with Gasteiger partial charge in [-0.15, -0.1) is 0 Å². The van der Waals surface area contributed by atoms with Crippen LogP contribution in [0.5, 0.6) is 0 Å². The van der Waals surface area contributed by atoms with Crippen LogP contribution in [0.4, 0.5) is 0 Å². The van der Waals surface area contributed by atoms with Gasteiger partial charge in [-0.1, -0.05) is 33.1 Å². The van der Waals surface area contributed by atoms with Crippen molar-refractivity contribution in [3.63, 3.8) is 0 Å². The maximum atomic E-state index is 12.1. The Balaban J connectivity index is 1.84. The number of β-amino-alcohol motifs (C(OH)–C–C–N with tert-alkyl or cyclic N) is 1. The van der Waals surface area contributed by atoms with Crippen molar-refractivity contribution in [1.29, 1.82) is 0 Å². The maximum absolute atomic E-state index is 12.1. The van der Waals surface area contributed by atoms with Crippen LogP contribution in [0, 0.1) is 11.8 Å². The van der Waals surface area contributed by atoms with E-state index >= 15 is 0 Å². The van der Waals surface area contributed by atoms with Crippen LogP contribution in [-0.4, -0.2) is 34.6 Å². The van der Waals surface area contributed by atoms with E-state index in [4.69, 9.17) is 0 Å². The predicted molar refractivity (Wildman–Crippen MR) is 62.9 cm³/mol. The SMILES string of the molecule is CC(C)C1(O)CN(C(=O)C2CCCCC2)C1. The number of nitrogens with zero attached hydrogens (tertiary/aromatic N) is 1. The van der Waals surface area contributed by atoms with E-state index in [1.54, 1.807) is 0 Å². The van der Waals surface area contributed by atoms with Crippen molar-refractivity contribution in [3.8, 4) is 0 Å². The van der Waals surface area contributed by atoms with Gasteiger partial charge in [0.2, 0.25) is 5.91 Å². The molecule has 0 radical (unpaired) electrons. The summed E-state index contributed by atoms with van der Waals surface area (Å²) in [6.07, 6.45) is 5.77. The zero-order chi connectivity index (χ0) is 11.8. The molecule has 0 aromatic rings. The van der Waals surface area contributed by atoms with E-state index in [1.165, 1.54) is 19.3 Å². The lowest BCUT2D eigenvalue weighted by Gasteiger charge is -2.50. The topological polar surface area (TPSA) is 40.5 Å². The normalized spacial score (nSPS) is 25.6. The van der Waals surface area contributed by atoms with E-state index in [9.17, 15) is 9.90 Å². The lowest BCUT2D eigenvalue weighted by Crippen LogP contribution is -2.66. The molecule has 1 saturated carbocycles. The van der Waals surface area contributed by atoms with Crippen LogP contribution in [0.2, 0.25) is 0 Å². The molecule has 1 amide bonds. The summed E-state index contributed by atoms with van der Waals surface area (Å²) in [5, 5.41) is 10.1. The van der Waals surface area contributed by atoms with Crippen LogP contribution in [0.25, 0.3) is 0 Å². The predicted octanol–water partition coefficient (Wildman–Crippen LogP) is 1.80. The summed E-state index contributed by atoms with van der Waals surface area (Å²) >= 11 is 0. The molecule has 3 nitrogen and oxygen atoms in total. The summed E-state index contributed by atoms with van der Waals surface area (Å²) in [5.41, 5.74) is -0.621. The smallest absolute Gasteiger partial charge is 0.225 e. The van der Waals surface area contributed by atoms with E-state index in [0.717, 1.165) is 12.8 Å². The second-order valence-electron chi connectivity index (χ2n) is 5.79. The van der Waals surface area contributed by atoms with Crippen LogP contribution in [0.3, 0.4) is 0 Å². The number of aliphatic hydroxyl groups is 1. The second kappa shape index (κ2) is 4.36. The molecule has 0 bridgehead atoms. The summed E-state index contributed by atoms with van der Waals surface area (Å²) in [6, 6.07) is 0. The Morgan fingerprint density at radius 2 is 1.81 bits per heavy atom. The molecule has 2 fully saturated rings. The number of rotatable bonds is 2. The summed E-state index contributed by atoms with van der Waals surface area (Å²) in [7, 11) is 0. The Bertz CT molecular complexity index is 263. The Kier molecular flexibility index (Phi) is 3.24. The standard InChI is InChI=1S/C13H23NO2/c1-10(2)13(16)8-14(9-13)12(15)11-6-4-3-5-7-11/h10-11,16H,3-9H2,1-2H3. The van der Waals surface area contributed by atoms with Crippen molar-refractivity contribution < 1.29 is 9.90 Å². The van der Waals surface area contributed by atoms with Gasteiger partial charge in [-0.2, -0.15) is 0 Å². The van der Waals surface area contributed by atoms with Crippen molar-refractivity contribution in [2.45, 2.75) is 51.6 Å². The van der Waals surface area contributed by atoms with Crippen molar-refractivity contribution in [1.82, 2.24) is 4.90 Å². The highest BCUT2D eigenvalue weighted by atomic mass is 16.3. The van der Waals surface area contributed by atoms with Gasteiger partial charge in [-0.05, 0) is 18.8 Å². The Hall–Kier alpha value is -0.570. The molecule has 3 heteroatoms. The first-order chi connectivity index (χ1) is 7.53. The van der Waals surface area contributed by atoms with Gasteiger partial charge < -0.3 is 10.0 Å². The highest BCUT2D eigenvalue weighted by molar-refractivity contribution is 5.80. The summed E-state index contributed by atoms with van der Waals surface area (Å²) < 4.78 is 0. The molecule has 2 aliphatic rings. The maximum Gasteiger partial charge on any atom is 0.225 e. The molecule has 0 aromatic heterocycles. The van der Waals surface area contributed by atoms with Crippen LogP contribution >= 0.6 is 0 Å². The molecular formula is C13H23NO2. The van der Waals surface area contributed by atoms with Gasteiger partial charge in [0.1, 0.15) is 5.60 Å². The molecule has 1 saturated heterocycles. The van der Waals surface area contributed by atoms with E-state index in [-0.39, 0.29) is 17.7 Å². The summed E-state index contributed by atoms with van der Waals surface area (Å²) in [5.74, 6) is 0.762. The lowest BCUT2D eigenvalue weighted by atomic mass is 9.80. The summed E-state index contributed by atoms with van der Waals surface area (Å²) in [4.78, 5) is 13.9. The van der Waals surface area contributed by atoms with Crippen molar-refractivity contribution in [2.75, 3.05) is 13.1 Å². The van der Waals surface area contributed by atoms with Crippen LogP contribution < -0.4 is 0 Å². The molecular weight excluding hydrogens is 202 g/mol. The number of hydrogen-bond donors (Lipinski definition) is 1. The average Bonchev–Trinajstić information content (AvgIpc) is 2.25. The molecule has 92 valence electrons. The third-order valence-corrected chi connectivity index (χ3v) is 4.27. The third kappa shape index (κ3) is 2.10. The molecule has 0 atom stereocenters. The van der Waals surface area contributed by atoms with Gasteiger partial charge >= 0.3 is 0 Å². The van der Waals surface area contributed by atoms with Crippen molar-refractivity contribution in [3.05, 3.63) is 0 Å². The molecule has 0 unspecified atom stereocenters. The first-order valence-electron chi connectivity index (χ1n) is 6.54. The molecule has 0 aromatic carbocycles. The molecule has 16 heavy (non-hydrogen) atoms. The molecule has 1 aliphatic heterocycles. The molecule has 1 N–H and O–H groups in total. The Labute approximate surface area is 97.8 Å². The average molecular weight is 225 g/mol. The van der Waals surface area contributed by atoms with Crippen LogP contribution in [-0.2, 0) is 4.79 Å². The molecule has 0 spiro atoms. The largest absolute Gasteiger partial charge is 0.386 e. The van der Waals surface area contributed by atoms with Crippen molar-refractivity contribution >= 4 is 5.91 Å². The van der Waals surface area contributed by atoms with E-state index in [0.29, 0.717) is 13.1 Å². The fourth-order valence-corrected chi connectivity index (χ4v) is 2.74. The fourth-order valence-electron chi connectivity index (χ4n) is 2.74. The number of likely N-dealkylation sites (tertiary alicyclic amines) is 1. The van der Waals surface area contributed by atoms with E-state index in [2.05, 4.69) is 0 Å². The number of carbonyl (C=O) groups excluding carboxylic acids is 1. The zero-order valence-corrected chi connectivity index (χ0v) is 10.4. The summed E-state index contributed by atoms with van der Waals surface area (Å²) in [6.45, 7) is 5.12. The van der Waals surface area contributed by atoms with Gasteiger partial charge in [-0.3, -0.25) is 4.79 Å². The number of amides is 1. The quantitative estimate of drug-likeness (QED) is 0.778. The van der Waals surface area contributed by atoms with Crippen LogP contribution in [0.1, 0.15) is 46.0 Å². The Morgan fingerprint density at radius 1 is 1.25 bits per heavy atom. The van der Waals surface area contributed by atoms with Gasteiger partial charge in [-0.25, -0.2) is 0 Å².